The highest BCUT2D eigenvalue weighted by Crippen LogP contribution is 2.41. The molecule has 0 aliphatic rings. The maximum Gasteiger partial charge on any atom is 0.425 e. The molecule has 3 rings (SSSR count). The summed E-state index contributed by atoms with van der Waals surface area (Å²) in [5.41, 5.74) is -1.93. The number of imidazole rings is 1. The van der Waals surface area contributed by atoms with Gasteiger partial charge in [0, 0.05) is 44.8 Å². The smallest absolute Gasteiger partial charge is 0.374 e. The van der Waals surface area contributed by atoms with Gasteiger partial charge in [0.1, 0.15) is 0 Å². The zero-order valence-corrected chi connectivity index (χ0v) is 15.8. The Labute approximate surface area is 165 Å². The number of aliphatic hydroxyl groups is 1. The zero-order chi connectivity index (χ0) is 21.2. The van der Waals surface area contributed by atoms with Crippen LogP contribution in [0.3, 0.4) is 0 Å². The van der Waals surface area contributed by atoms with Crippen LogP contribution in [0.15, 0.2) is 55.1 Å². The molecule has 29 heavy (non-hydrogen) atoms. The van der Waals surface area contributed by atoms with Crippen molar-refractivity contribution in [1.82, 2.24) is 24.2 Å². The van der Waals surface area contributed by atoms with E-state index in [1.807, 2.05) is 30.3 Å². The number of alkyl halides is 3. The normalized spacial score (nSPS) is 13.9. The summed E-state index contributed by atoms with van der Waals surface area (Å²) in [5, 5.41) is 14.6. The topological polar surface area (TPSA) is 76.2 Å². The van der Waals surface area contributed by atoms with Crippen molar-refractivity contribution in [3.63, 3.8) is 0 Å². The summed E-state index contributed by atoms with van der Waals surface area (Å²) in [6, 6.07) is 9.26. The number of aromatic nitrogens is 4. The Hall–Kier alpha value is -3.14. The Morgan fingerprint density at radius 2 is 1.93 bits per heavy atom. The molecule has 2 heterocycles. The van der Waals surface area contributed by atoms with E-state index in [4.69, 9.17) is 0 Å². The fraction of sp³-hybridized carbons (Fsp3) is 0.316. The third-order valence-corrected chi connectivity index (χ3v) is 4.57. The van der Waals surface area contributed by atoms with Crippen molar-refractivity contribution in [3.8, 4) is 5.69 Å². The van der Waals surface area contributed by atoms with E-state index in [-0.39, 0.29) is 6.54 Å². The molecule has 0 spiro atoms. The summed E-state index contributed by atoms with van der Waals surface area (Å²) in [6.45, 7) is 0.0418. The van der Waals surface area contributed by atoms with Gasteiger partial charge in [-0.3, -0.25) is 4.79 Å². The molecule has 0 saturated carbocycles. The number of carbonyl (C=O) groups excluding carboxylic acids is 1. The maximum absolute atomic E-state index is 13.6. The number of hydrogen-bond donors (Lipinski definition) is 1. The fourth-order valence-corrected chi connectivity index (χ4v) is 2.95. The Bertz CT molecular complexity index is 983. The maximum atomic E-state index is 13.6. The minimum Gasteiger partial charge on any atom is -0.374 e. The van der Waals surface area contributed by atoms with E-state index in [1.54, 1.807) is 10.9 Å². The molecule has 10 heteroatoms. The van der Waals surface area contributed by atoms with Crippen molar-refractivity contribution < 1.29 is 23.1 Å². The second-order valence-electron chi connectivity index (χ2n) is 6.78. The fourth-order valence-electron chi connectivity index (χ4n) is 2.95. The van der Waals surface area contributed by atoms with Crippen molar-refractivity contribution in [2.75, 3.05) is 7.05 Å². The van der Waals surface area contributed by atoms with E-state index in [1.165, 1.54) is 26.5 Å². The lowest BCUT2D eigenvalue weighted by Crippen LogP contribution is -2.48. The minimum atomic E-state index is -5.07. The average molecular weight is 407 g/mol. The van der Waals surface area contributed by atoms with E-state index in [2.05, 4.69) is 10.1 Å². The lowest BCUT2D eigenvalue weighted by Gasteiger charge is -2.30. The van der Waals surface area contributed by atoms with Crippen LogP contribution in [-0.4, -0.2) is 48.5 Å². The van der Waals surface area contributed by atoms with Crippen LogP contribution in [-0.2, 0) is 24.0 Å². The standard InChI is InChI=1S/C19H20F3N5O2/c1-25-9-8-23-17(25)18(29,19(20,21)22)10-16(28)26(2)12-14-11-24-27(13-14)15-6-4-3-5-7-15/h3-9,11,13,29H,10,12H2,1-2H3. The molecule has 1 aromatic carbocycles. The van der Waals surface area contributed by atoms with Gasteiger partial charge in [0.05, 0.1) is 18.3 Å². The van der Waals surface area contributed by atoms with Gasteiger partial charge in [-0.05, 0) is 12.1 Å². The molecule has 1 atom stereocenters. The van der Waals surface area contributed by atoms with Crippen LogP contribution in [0.2, 0.25) is 0 Å². The summed E-state index contributed by atoms with van der Waals surface area (Å²) < 4.78 is 43.5. The van der Waals surface area contributed by atoms with E-state index in [0.717, 1.165) is 21.4 Å². The number of para-hydroxylation sites is 1. The molecule has 1 unspecified atom stereocenters. The lowest BCUT2D eigenvalue weighted by atomic mass is 9.96. The van der Waals surface area contributed by atoms with Crippen molar-refractivity contribution in [3.05, 3.63) is 66.5 Å². The number of carbonyl (C=O) groups is 1. The lowest BCUT2D eigenvalue weighted by molar-refractivity contribution is -0.271. The van der Waals surface area contributed by atoms with Crippen LogP contribution >= 0.6 is 0 Å². The number of halogens is 3. The van der Waals surface area contributed by atoms with Crippen molar-refractivity contribution in [2.24, 2.45) is 7.05 Å². The molecule has 0 fully saturated rings. The van der Waals surface area contributed by atoms with Gasteiger partial charge in [0.15, 0.2) is 5.82 Å². The molecule has 0 saturated heterocycles. The van der Waals surface area contributed by atoms with Crippen molar-refractivity contribution in [1.29, 1.82) is 0 Å². The molecule has 2 aromatic heterocycles. The second kappa shape index (κ2) is 7.70. The number of amides is 1. The monoisotopic (exact) mass is 407 g/mol. The van der Waals surface area contributed by atoms with E-state index in [0.29, 0.717) is 5.56 Å². The first-order valence-corrected chi connectivity index (χ1v) is 8.71. The molecule has 0 aliphatic heterocycles. The highest BCUT2D eigenvalue weighted by atomic mass is 19.4. The summed E-state index contributed by atoms with van der Waals surface area (Å²) in [7, 11) is 2.70. The van der Waals surface area contributed by atoms with Gasteiger partial charge in [0.25, 0.3) is 0 Å². The summed E-state index contributed by atoms with van der Waals surface area (Å²) in [5.74, 6) is -1.51. The van der Waals surface area contributed by atoms with Gasteiger partial charge in [-0.15, -0.1) is 0 Å². The van der Waals surface area contributed by atoms with Gasteiger partial charge in [0.2, 0.25) is 11.5 Å². The average Bonchev–Trinajstić information content (AvgIpc) is 3.30. The molecule has 1 N–H and O–H groups in total. The van der Waals surface area contributed by atoms with Crippen LogP contribution in [0.25, 0.3) is 5.69 Å². The first kappa shape index (κ1) is 20.6. The second-order valence-corrected chi connectivity index (χ2v) is 6.78. The molecule has 7 nitrogen and oxygen atoms in total. The predicted molar refractivity (Wildman–Crippen MR) is 97.8 cm³/mol. The van der Waals surface area contributed by atoms with Gasteiger partial charge in [-0.1, -0.05) is 18.2 Å². The van der Waals surface area contributed by atoms with E-state index >= 15 is 0 Å². The third-order valence-electron chi connectivity index (χ3n) is 4.57. The van der Waals surface area contributed by atoms with Crippen LogP contribution in [0.4, 0.5) is 13.2 Å². The third kappa shape index (κ3) is 4.16. The van der Waals surface area contributed by atoms with E-state index < -0.39 is 29.9 Å². The largest absolute Gasteiger partial charge is 0.425 e. The van der Waals surface area contributed by atoms with Crippen LogP contribution in [0, 0.1) is 0 Å². The summed E-state index contributed by atoms with van der Waals surface area (Å²) in [6.07, 6.45) is -0.610. The first-order valence-electron chi connectivity index (χ1n) is 8.71. The molecule has 1 amide bonds. The van der Waals surface area contributed by atoms with E-state index in [9.17, 15) is 23.1 Å². The summed E-state index contributed by atoms with van der Waals surface area (Å²) >= 11 is 0. The molecule has 3 aromatic rings. The number of aryl methyl sites for hydroxylation is 1. The number of hydrogen-bond acceptors (Lipinski definition) is 4. The van der Waals surface area contributed by atoms with Crippen LogP contribution < -0.4 is 0 Å². The quantitative estimate of drug-likeness (QED) is 0.681. The number of rotatable bonds is 6. The molecule has 0 aliphatic carbocycles. The predicted octanol–water partition coefficient (Wildman–Crippen LogP) is 2.40. The van der Waals surface area contributed by atoms with Gasteiger partial charge in [-0.2, -0.15) is 18.3 Å². The Kier molecular flexibility index (Phi) is 5.47. The number of nitrogens with zero attached hydrogens (tertiary/aromatic N) is 5. The SMILES string of the molecule is CN(Cc1cnn(-c2ccccc2)c1)C(=O)CC(O)(c1nccn1C)C(F)(F)F. The molecule has 0 bridgehead atoms. The van der Waals surface area contributed by atoms with Crippen LogP contribution in [0.1, 0.15) is 17.8 Å². The highest BCUT2D eigenvalue weighted by molar-refractivity contribution is 5.77. The van der Waals surface area contributed by atoms with Gasteiger partial charge in [-0.25, -0.2) is 9.67 Å². The summed E-state index contributed by atoms with van der Waals surface area (Å²) in [4.78, 5) is 17.2. The Balaban J connectivity index is 1.74. The number of benzene rings is 1. The van der Waals surface area contributed by atoms with Gasteiger partial charge >= 0.3 is 6.18 Å². The zero-order valence-electron chi connectivity index (χ0n) is 15.8. The minimum absolute atomic E-state index is 0.0418. The molecular formula is C19H20F3N5O2. The van der Waals surface area contributed by atoms with Crippen molar-refractivity contribution in [2.45, 2.75) is 24.7 Å². The Morgan fingerprint density at radius 3 is 2.52 bits per heavy atom. The van der Waals surface area contributed by atoms with Crippen molar-refractivity contribution >= 4 is 5.91 Å². The van der Waals surface area contributed by atoms with Crippen LogP contribution in [0.5, 0.6) is 0 Å². The van der Waals surface area contributed by atoms with Gasteiger partial charge < -0.3 is 14.6 Å². The highest BCUT2D eigenvalue weighted by Gasteiger charge is 2.58. The first-order chi connectivity index (χ1) is 13.6. The Morgan fingerprint density at radius 1 is 1.24 bits per heavy atom. The molecular weight excluding hydrogens is 387 g/mol. The molecule has 154 valence electrons. The molecule has 0 radical (unpaired) electrons.